The molecule has 0 saturated heterocycles. The van der Waals surface area contributed by atoms with E-state index in [1.54, 1.807) is 10.7 Å². The zero-order chi connectivity index (χ0) is 14.9. The van der Waals surface area contributed by atoms with Gasteiger partial charge in [0, 0.05) is 22.8 Å². The molecule has 0 fully saturated rings. The SMILES string of the molecule is Cc1nn(C)c(C)c1CC(=O)Nc1ccc(Br)cc1F. The van der Waals surface area contributed by atoms with Gasteiger partial charge < -0.3 is 5.32 Å². The number of hydrogen-bond acceptors (Lipinski definition) is 2. The minimum atomic E-state index is -0.465. The highest BCUT2D eigenvalue weighted by atomic mass is 79.9. The van der Waals surface area contributed by atoms with Gasteiger partial charge in [0.1, 0.15) is 5.82 Å². The first-order valence-electron chi connectivity index (χ1n) is 6.12. The molecule has 6 heteroatoms. The minimum Gasteiger partial charge on any atom is -0.323 e. The molecular formula is C14H15BrFN3O. The van der Waals surface area contributed by atoms with Gasteiger partial charge in [-0.05, 0) is 32.0 Å². The summed E-state index contributed by atoms with van der Waals surface area (Å²) in [5.41, 5.74) is 2.81. The van der Waals surface area contributed by atoms with Crippen LogP contribution < -0.4 is 5.32 Å². The van der Waals surface area contributed by atoms with Gasteiger partial charge in [-0.2, -0.15) is 5.10 Å². The second-order valence-electron chi connectivity index (χ2n) is 4.62. The van der Waals surface area contributed by atoms with E-state index in [1.807, 2.05) is 20.9 Å². The molecule has 0 aliphatic heterocycles. The summed E-state index contributed by atoms with van der Waals surface area (Å²) in [6.07, 6.45) is 0.182. The summed E-state index contributed by atoms with van der Waals surface area (Å²) in [6, 6.07) is 4.52. The van der Waals surface area contributed by atoms with Crippen LogP contribution in [0.5, 0.6) is 0 Å². The summed E-state index contributed by atoms with van der Waals surface area (Å²) in [5.74, 6) is -0.724. The van der Waals surface area contributed by atoms with Crippen molar-refractivity contribution in [2.24, 2.45) is 7.05 Å². The lowest BCUT2D eigenvalue weighted by atomic mass is 10.1. The molecule has 2 aromatic rings. The molecule has 1 aromatic carbocycles. The van der Waals surface area contributed by atoms with Crippen molar-refractivity contribution < 1.29 is 9.18 Å². The normalized spacial score (nSPS) is 10.7. The number of benzene rings is 1. The maximum atomic E-state index is 13.7. The predicted molar refractivity (Wildman–Crippen MR) is 79.1 cm³/mol. The summed E-state index contributed by atoms with van der Waals surface area (Å²) in [4.78, 5) is 12.0. The smallest absolute Gasteiger partial charge is 0.229 e. The first-order valence-corrected chi connectivity index (χ1v) is 6.91. The molecule has 0 aliphatic carbocycles. The summed E-state index contributed by atoms with van der Waals surface area (Å²) >= 11 is 3.17. The van der Waals surface area contributed by atoms with Crippen LogP contribution in [-0.4, -0.2) is 15.7 Å². The quantitative estimate of drug-likeness (QED) is 0.933. The maximum Gasteiger partial charge on any atom is 0.229 e. The van der Waals surface area contributed by atoms with Crippen LogP contribution in [0, 0.1) is 19.7 Å². The topological polar surface area (TPSA) is 46.9 Å². The number of carbonyl (C=O) groups excluding carboxylic acids is 1. The Labute approximate surface area is 125 Å². The van der Waals surface area contributed by atoms with Gasteiger partial charge in [0.25, 0.3) is 0 Å². The van der Waals surface area contributed by atoms with Crippen molar-refractivity contribution in [3.8, 4) is 0 Å². The van der Waals surface area contributed by atoms with Crippen molar-refractivity contribution in [1.82, 2.24) is 9.78 Å². The lowest BCUT2D eigenvalue weighted by Gasteiger charge is -2.07. The third kappa shape index (κ3) is 3.07. The highest BCUT2D eigenvalue weighted by Gasteiger charge is 2.14. The van der Waals surface area contributed by atoms with Gasteiger partial charge in [-0.1, -0.05) is 15.9 Å². The van der Waals surface area contributed by atoms with E-state index in [9.17, 15) is 9.18 Å². The van der Waals surface area contributed by atoms with Crippen LogP contribution in [0.3, 0.4) is 0 Å². The molecule has 0 spiro atoms. The van der Waals surface area contributed by atoms with Gasteiger partial charge in [-0.25, -0.2) is 4.39 Å². The fourth-order valence-corrected chi connectivity index (χ4v) is 2.35. The van der Waals surface area contributed by atoms with E-state index < -0.39 is 5.82 Å². The molecule has 0 radical (unpaired) electrons. The molecule has 1 heterocycles. The van der Waals surface area contributed by atoms with Crippen molar-refractivity contribution in [2.75, 3.05) is 5.32 Å². The molecule has 0 bridgehead atoms. The van der Waals surface area contributed by atoms with Gasteiger partial charge in [0.2, 0.25) is 5.91 Å². The fourth-order valence-electron chi connectivity index (χ4n) is 2.02. The van der Waals surface area contributed by atoms with Gasteiger partial charge in [-0.3, -0.25) is 9.48 Å². The molecule has 0 aliphatic rings. The average Bonchev–Trinajstić information content (AvgIpc) is 2.60. The molecule has 106 valence electrons. The Morgan fingerprint density at radius 3 is 2.70 bits per heavy atom. The number of aryl methyl sites for hydroxylation is 2. The van der Waals surface area contributed by atoms with Crippen LogP contribution in [0.2, 0.25) is 0 Å². The minimum absolute atomic E-state index is 0.178. The van der Waals surface area contributed by atoms with E-state index in [2.05, 4.69) is 26.3 Å². The van der Waals surface area contributed by atoms with E-state index in [0.29, 0.717) is 4.47 Å². The number of amides is 1. The Morgan fingerprint density at radius 2 is 2.15 bits per heavy atom. The van der Waals surface area contributed by atoms with Crippen LogP contribution >= 0.6 is 15.9 Å². The number of nitrogens with zero attached hydrogens (tertiary/aromatic N) is 2. The van der Waals surface area contributed by atoms with Crippen LogP contribution in [0.4, 0.5) is 10.1 Å². The molecule has 4 nitrogen and oxygen atoms in total. The molecule has 2 rings (SSSR count). The molecule has 0 unspecified atom stereocenters. The van der Waals surface area contributed by atoms with Crippen molar-refractivity contribution in [2.45, 2.75) is 20.3 Å². The van der Waals surface area contributed by atoms with E-state index in [1.165, 1.54) is 12.1 Å². The highest BCUT2D eigenvalue weighted by molar-refractivity contribution is 9.10. The number of rotatable bonds is 3. The first kappa shape index (κ1) is 14.7. The molecule has 1 amide bonds. The van der Waals surface area contributed by atoms with E-state index in [0.717, 1.165) is 17.0 Å². The largest absolute Gasteiger partial charge is 0.323 e. The number of aromatic nitrogens is 2. The molecule has 1 N–H and O–H groups in total. The standard InChI is InChI=1S/C14H15BrFN3O/c1-8-11(9(2)19(3)18-8)7-14(20)17-13-5-4-10(15)6-12(13)16/h4-6H,7H2,1-3H3,(H,17,20). The van der Waals surface area contributed by atoms with E-state index in [-0.39, 0.29) is 18.0 Å². The summed E-state index contributed by atoms with van der Waals surface area (Å²) in [5, 5.41) is 6.83. The third-order valence-corrected chi connectivity index (χ3v) is 3.69. The van der Waals surface area contributed by atoms with Gasteiger partial charge in [0.05, 0.1) is 17.8 Å². The van der Waals surface area contributed by atoms with Crippen LogP contribution in [0.15, 0.2) is 22.7 Å². The molecule has 1 aromatic heterocycles. The van der Waals surface area contributed by atoms with Crippen molar-refractivity contribution in [1.29, 1.82) is 0 Å². The first-order chi connectivity index (χ1) is 9.38. The van der Waals surface area contributed by atoms with Crippen LogP contribution in [-0.2, 0) is 18.3 Å². The predicted octanol–water partition coefficient (Wildman–Crippen LogP) is 3.12. The van der Waals surface area contributed by atoms with Gasteiger partial charge in [0.15, 0.2) is 0 Å². The fraction of sp³-hybridized carbons (Fsp3) is 0.286. The summed E-state index contributed by atoms with van der Waals surface area (Å²) in [6.45, 7) is 3.76. The van der Waals surface area contributed by atoms with Crippen LogP contribution in [0.1, 0.15) is 17.0 Å². The lowest BCUT2D eigenvalue weighted by Crippen LogP contribution is -2.16. The second-order valence-corrected chi connectivity index (χ2v) is 5.54. The molecule has 20 heavy (non-hydrogen) atoms. The summed E-state index contributed by atoms with van der Waals surface area (Å²) in [7, 11) is 1.83. The van der Waals surface area contributed by atoms with E-state index in [4.69, 9.17) is 0 Å². The van der Waals surface area contributed by atoms with Gasteiger partial charge >= 0.3 is 0 Å². The van der Waals surface area contributed by atoms with Crippen molar-refractivity contribution in [3.63, 3.8) is 0 Å². The maximum absolute atomic E-state index is 13.7. The molecular weight excluding hydrogens is 325 g/mol. The average molecular weight is 340 g/mol. The second kappa shape index (κ2) is 5.75. The molecule has 0 saturated carbocycles. The van der Waals surface area contributed by atoms with Crippen molar-refractivity contribution >= 4 is 27.5 Å². The Hall–Kier alpha value is -1.69. The Kier molecular flexibility index (Phi) is 4.23. The molecule has 0 atom stereocenters. The highest BCUT2D eigenvalue weighted by Crippen LogP contribution is 2.20. The third-order valence-electron chi connectivity index (χ3n) is 3.20. The van der Waals surface area contributed by atoms with E-state index >= 15 is 0 Å². The van der Waals surface area contributed by atoms with Crippen LogP contribution in [0.25, 0.3) is 0 Å². The number of carbonyl (C=O) groups is 1. The zero-order valence-corrected chi connectivity index (χ0v) is 13.1. The number of nitrogens with one attached hydrogen (secondary N) is 1. The zero-order valence-electron chi connectivity index (χ0n) is 11.5. The number of halogens is 2. The Bertz CT molecular complexity index is 667. The van der Waals surface area contributed by atoms with Gasteiger partial charge in [-0.15, -0.1) is 0 Å². The Balaban J connectivity index is 2.13. The number of anilines is 1. The van der Waals surface area contributed by atoms with Crippen molar-refractivity contribution in [3.05, 3.63) is 45.4 Å². The Morgan fingerprint density at radius 1 is 1.45 bits per heavy atom. The summed E-state index contributed by atoms with van der Waals surface area (Å²) < 4.78 is 16.0. The number of hydrogen-bond donors (Lipinski definition) is 1. The monoisotopic (exact) mass is 339 g/mol. The lowest BCUT2D eigenvalue weighted by molar-refractivity contribution is -0.115.